The zero-order valence-corrected chi connectivity index (χ0v) is 12.2. The molecule has 1 aromatic carbocycles. The van der Waals surface area contributed by atoms with Crippen LogP contribution in [0.15, 0.2) is 37.0 Å². The molecular weight excluding hydrogens is 238 g/mol. The third-order valence-electron chi connectivity index (χ3n) is 3.17. The van der Waals surface area contributed by atoms with Gasteiger partial charge in [-0.25, -0.2) is 0 Å². The molecule has 0 spiro atoms. The van der Waals surface area contributed by atoms with Crippen LogP contribution in [0.2, 0.25) is 0 Å². The van der Waals surface area contributed by atoms with E-state index in [2.05, 4.69) is 25.6 Å². The predicted molar refractivity (Wildman–Crippen MR) is 79.0 cm³/mol. The number of nitrogens with zero attached hydrogens (tertiary/aromatic N) is 1. The van der Waals surface area contributed by atoms with Crippen molar-refractivity contribution in [1.29, 1.82) is 0 Å². The lowest BCUT2D eigenvalue weighted by Crippen LogP contribution is -2.19. The van der Waals surface area contributed by atoms with E-state index in [1.165, 1.54) is 5.56 Å². The molecule has 2 atom stereocenters. The fourth-order valence-corrected chi connectivity index (χ4v) is 2.07. The molecular formula is C16H25NO2. The lowest BCUT2D eigenvalue weighted by Gasteiger charge is -2.19. The van der Waals surface area contributed by atoms with Crippen LogP contribution >= 0.6 is 0 Å². The zero-order valence-electron chi connectivity index (χ0n) is 12.2. The van der Waals surface area contributed by atoms with Gasteiger partial charge in [-0.15, -0.1) is 0 Å². The van der Waals surface area contributed by atoms with Gasteiger partial charge in [0.25, 0.3) is 0 Å². The topological polar surface area (TPSA) is 32.7 Å². The van der Waals surface area contributed by atoms with Gasteiger partial charge >= 0.3 is 0 Å². The molecule has 0 fully saturated rings. The lowest BCUT2D eigenvalue weighted by molar-refractivity contribution is 0.145. The Balaban J connectivity index is 2.57. The SMILES string of the molecule is C=CN(C)CC(O)c1ccc(CC(C)COC)cc1. The van der Waals surface area contributed by atoms with E-state index in [1.807, 2.05) is 24.1 Å². The van der Waals surface area contributed by atoms with Gasteiger partial charge in [-0.3, -0.25) is 0 Å². The minimum atomic E-state index is -0.478. The minimum absolute atomic E-state index is 0.478. The van der Waals surface area contributed by atoms with E-state index >= 15 is 0 Å². The molecule has 3 nitrogen and oxygen atoms in total. The van der Waals surface area contributed by atoms with Gasteiger partial charge in [0.05, 0.1) is 6.10 Å². The van der Waals surface area contributed by atoms with Crippen LogP contribution in [-0.2, 0) is 11.2 Å². The molecule has 0 saturated carbocycles. The van der Waals surface area contributed by atoms with Crippen LogP contribution in [-0.4, -0.2) is 37.3 Å². The van der Waals surface area contributed by atoms with Gasteiger partial charge in [-0.1, -0.05) is 37.8 Å². The lowest BCUT2D eigenvalue weighted by atomic mass is 9.99. The van der Waals surface area contributed by atoms with E-state index in [-0.39, 0.29) is 0 Å². The molecule has 0 radical (unpaired) electrons. The molecule has 0 aliphatic heterocycles. The van der Waals surface area contributed by atoms with E-state index in [0.29, 0.717) is 12.5 Å². The summed E-state index contributed by atoms with van der Waals surface area (Å²) in [6, 6.07) is 8.16. The Hall–Kier alpha value is -1.32. The molecule has 0 heterocycles. The Kier molecular flexibility index (Phi) is 6.60. The van der Waals surface area contributed by atoms with Crippen molar-refractivity contribution in [2.45, 2.75) is 19.4 Å². The van der Waals surface area contributed by atoms with Crippen LogP contribution in [0.5, 0.6) is 0 Å². The van der Waals surface area contributed by atoms with Crippen molar-refractivity contribution in [1.82, 2.24) is 4.90 Å². The van der Waals surface area contributed by atoms with Crippen LogP contribution in [0.1, 0.15) is 24.2 Å². The van der Waals surface area contributed by atoms with E-state index in [0.717, 1.165) is 18.6 Å². The van der Waals surface area contributed by atoms with Crippen LogP contribution < -0.4 is 0 Å². The van der Waals surface area contributed by atoms with Crippen molar-refractivity contribution in [3.05, 3.63) is 48.2 Å². The molecule has 2 unspecified atom stereocenters. The highest BCUT2D eigenvalue weighted by Crippen LogP contribution is 2.16. The number of methoxy groups -OCH3 is 1. The summed E-state index contributed by atoms with van der Waals surface area (Å²) in [4.78, 5) is 1.87. The highest BCUT2D eigenvalue weighted by atomic mass is 16.5. The van der Waals surface area contributed by atoms with Gasteiger partial charge in [-0.05, 0) is 29.7 Å². The summed E-state index contributed by atoms with van der Waals surface area (Å²) in [7, 11) is 3.63. The Bertz CT molecular complexity index is 375. The number of likely N-dealkylation sites (N-methyl/N-ethyl adjacent to an activating group) is 1. The number of ether oxygens (including phenoxy) is 1. The number of hydrogen-bond acceptors (Lipinski definition) is 3. The first-order chi connectivity index (χ1) is 9.06. The molecule has 1 N–H and O–H groups in total. The molecule has 0 aromatic heterocycles. The predicted octanol–water partition coefficient (Wildman–Crippen LogP) is 2.62. The van der Waals surface area contributed by atoms with Crippen LogP contribution in [0.4, 0.5) is 0 Å². The maximum absolute atomic E-state index is 10.1. The van der Waals surface area contributed by atoms with Gasteiger partial charge in [-0.2, -0.15) is 0 Å². The van der Waals surface area contributed by atoms with Crippen LogP contribution in [0.25, 0.3) is 0 Å². The van der Waals surface area contributed by atoms with E-state index in [1.54, 1.807) is 13.3 Å². The number of aliphatic hydroxyl groups excluding tert-OH is 1. The minimum Gasteiger partial charge on any atom is -0.387 e. The number of benzene rings is 1. The maximum Gasteiger partial charge on any atom is 0.0964 e. The van der Waals surface area contributed by atoms with Crippen molar-refractivity contribution in [2.24, 2.45) is 5.92 Å². The van der Waals surface area contributed by atoms with Crippen molar-refractivity contribution in [3.63, 3.8) is 0 Å². The standard InChI is InChI=1S/C16H25NO2/c1-5-17(3)11-16(18)15-8-6-14(7-9-15)10-13(2)12-19-4/h5-9,13,16,18H,1,10-12H2,2-4H3. The molecule has 0 aliphatic carbocycles. The molecule has 3 heteroatoms. The molecule has 106 valence electrons. The molecule has 0 saturated heterocycles. The largest absolute Gasteiger partial charge is 0.387 e. The second-order valence-electron chi connectivity index (χ2n) is 5.14. The highest BCUT2D eigenvalue weighted by Gasteiger charge is 2.09. The summed E-state index contributed by atoms with van der Waals surface area (Å²) >= 11 is 0. The first-order valence-electron chi connectivity index (χ1n) is 6.65. The third kappa shape index (κ3) is 5.45. The Labute approximate surface area is 116 Å². The second kappa shape index (κ2) is 7.97. The van der Waals surface area contributed by atoms with E-state index in [4.69, 9.17) is 4.74 Å². The van der Waals surface area contributed by atoms with Gasteiger partial charge in [0, 0.05) is 27.3 Å². The van der Waals surface area contributed by atoms with E-state index in [9.17, 15) is 5.11 Å². The van der Waals surface area contributed by atoms with Crippen molar-refractivity contribution < 1.29 is 9.84 Å². The fraction of sp³-hybridized carbons (Fsp3) is 0.500. The molecule has 19 heavy (non-hydrogen) atoms. The second-order valence-corrected chi connectivity index (χ2v) is 5.14. The van der Waals surface area contributed by atoms with Crippen molar-refractivity contribution in [3.8, 4) is 0 Å². The number of hydrogen-bond donors (Lipinski definition) is 1. The third-order valence-corrected chi connectivity index (χ3v) is 3.17. The average molecular weight is 263 g/mol. The van der Waals surface area contributed by atoms with Gasteiger partial charge < -0.3 is 14.7 Å². The molecule has 0 amide bonds. The quantitative estimate of drug-likeness (QED) is 0.782. The average Bonchev–Trinajstić information content (AvgIpc) is 2.39. The Morgan fingerprint density at radius 3 is 2.53 bits per heavy atom. The Morgan fingerprint density at radius 2 is 2.00 bits per heavy atom. The summed E-state index contributed by atoms with van der Waals surface area (Å²) < 4.78 is 5.14. The van der Waals surface area contributed by atoms with Gasteiger partial charge in [0.1, 0.15) is 0 Å². The number of aliphatic hydroxyl groups is 1. The zero-order chi connectivity index (χ0) is 14.3. The molecule has 1 rings (SSSR count). The normalized spacial score (nSPS) is 13.9. The summed E-state index contributed by atoms with van der Waals surface area (Å²) in [6.07, 6.45) is 2.23. The van der Waals surface area contributed by atoms with Crippen molar-refractivity contribution >= 4 is 0 Å². The van der Waals surface area contributed by atoms with Crippen LogP contribution in [0.3, 0.4) is 0 Å². The Morgan fingerprint density at radius 1 is 1.37 bits per heavy atom. The molecule has 1 aromatic rings. The van der Waals surface area contributed by atoms with Gasteiger partial charge in [0.2, 0.25) is 0 Å². The molecule has 0 bridgehead atoms. The van der Waals surface area contributed by atoms with Gasteiger partial charge in [0.15, 0.2) is 0 Å². The molecule has 0 aliphatic rings. The first kappa shape index (κ1) is 15.7. The number of rotatable bonds is 8. The summed E-state index contributed by atoms with van der Waals surface area (Å²) in [5.74, 6) is 0.507. The summed E-state index contributed by atoms with van der Waals surface area (Å²) in [6.45, 7) is 7.18. The highest BCUT2D eigenvalue weighted by molar-refractivity contribution is 5.24. The fourth-order valence-electron chi connectivity index (χ4n) is 2.07. The smallest absolute Gasteiger partial charge is 0.0964 e. The van der Waals surface area contributed by atoms with Crippen LogP contribution in [0, 0.1) is 5.92 Å². The summed E-state index contributed by atoms with van der Waals surface area (Å²) in [5.41, 5.74) is 2.22. The monoisotopic (exact) mass is 263 g/mol. The van der Waals surface area contributed by atoms with E-state index < -0.39 is 6.10 Å². The first-order valence-corrected chi connectivity index (χ1v) is 6.65. The van der Waals surface area contributed by atoms with Crippen molar-refractivity contribution in [2.75, 3.05) is 27.3 Å². The summed E-state index contributed by atoms with van der Waals surface area (Å²) in [5, 5.41) is 10.1. The maximum atomic E-state index is 10.1.